The van der Waals surface area contributed by atoms with E-state index in [0.29, 0.717) is 17.5 Å². The molecule has 6 nitrogen and oxygen atoms in total. The molecular weight excluding hydrogens is 803 g/mol. The smallest absolute Gasteiger partial charge is 0.423 e. The van der Waals surface area contributed by atoms with Crippen LogP contribution < -0.4 is 16.1 Å². The molecule has 2 aliphatic rings. The average molecular weight is 862 g/mol. The van der Waals surface area contributed by atoms with E-state index in [1.807, 2.05) is 6.07 Å². The topological polar surface area (TPSA) is 96.1 Å². The maximum absolute atomic E-state index is 8.58. The molecule has 60 heavy (non-hydrogen) atoms. The molecule has 2 atom stereocenters. The lowest BCUT2D eigenvalue weighted by atomic mass is 9.81. The largest absolute Gasteiger partial charge is 0.488 e. The predicted molar refractivity (Wildman–Crippen MR) is 257 cm³/mol. The lowest BCUT2D eigenvalue weighted by Crippen LogP contribution is -2.29. The van der Waals surface area contributed by atoms with Gasteiger partial charge in [0.1, 0.15) is 0 Å². The van der Waals surface area contributed by atoms with Crippen LogP contribution in [0.25, 0.3) is 32.9 Å². The van der Waals surface area contributed by atoms with Gasteiger partial charge in [0.15, 0.2) is 0 Å². The number of nitrogens with one attached hydrogen (secondary N) is 4. The van der Waals surface area contributed by atoms with Crippen molar-refractivity contribution in [3.05, 3.63) is 196 Å². The minimum Gasteiger partial charge on any atom is -0.423 e. The van der Waals surface area contributed by atoms with Crippen molar-refractivity contribution < 1.29 is 10.0 Å². The number of hydrogen-bond donors (Lipinski definition) is 6. The molecule has 2 aliphatic carbocycles. The molecule has 2 aromatic heterocycles. The third-order valence-corrected chi connectivity index (χ3v) is 11.9. The summed E-state index contributed by atoms with van der Waals surface area (Å²) < 4.78 is 1.15. The molecule has 8 heteroatoms. The number of H-pyrrole nitrogens is 2. The zero-order valence-corrected chi connectivity index (χ0v) is 34.3. The van der Waals surface area contributed by atoms with E-state index in [0.717, 1.165) is 24.0 Å². The third-order valence-electron chi connectivity index (χ3n) is 11.4. The lowest BCUT2D eigenvalue weighted by Gasteiger charge is -2.24. The molecule has 0 amide bonds. The van der Waals surface area contributed by atoms with Crippen molar-refractivity contribution >= 4 is 50.3 Å². The van der Waals surface area contributed by atoms with Crippen LogP contribution in [0.2, 0.25) is 0 Å². The number of aromatic nitrogens is 2. The zero-order valence-electron chi connectivity index (χ0n) is 32.7. The fourth-order valence-electron chi connectivity index (χ4n) is 8.41. The first-order valence-corrected chi connectivity index (χ1v) is 21.2. The van der Waals surface area contributed by atoms with Gasteiger partial charge in [-0.1, -0.05) is 158 Å². The Labute approximate surface area is 364 Å². The number of rotatable bonds is 8. The highest BCUT2D eigenvalue weighted by atomic mass is 79.9. The van der Waals surface area contributed by atoms with Gasteiger partial charge in [-0.15, -0.1) is 0 Å². The van der Waals surface area contributed by atoms with Gasteiger partial charge >= 0.3 is 7.12 Å². The summed E-state index contributed by atoms with van der Waals surface area (Å²) >= 11 is 3.59. The molecular formula is C52H58BBrN4O2. The van der Waals surface area contributed by atoms with Crippen LogP contribution in [0, 0.1) is 0 Å². The third kappa shape index (κ3) is 10.7. The standard InChI is InChI=1S/C25H24N2.C19H19BrN2.C6H7BO2.2CH4/c1-3-8-18(9-4-1)17-26-24-13-7-12-21-22-16-20(19-10-5-2-6-11-19)14-15-23(22)27-25(21)24;20-14-9-10-17-16(11-14)15-7-4-8-18(19(15)22-17)21-12-13-5-2-1-3-6-13;8-7(9)6-4-2-1-3-5-6;;/h1-6,8-11,14-16,24,26-27H,7,12-13,17H2;1-3,5-6,9-11,18,21-22H,4,7-8,12H2;1-5,8-9H;2*1H4/t24-;18-;;;/m11.../s1. The molecule has 0 spiro atoms. The van der Waals surface area contributed by atoms with E-state index in [-0.39, 0.29) is 14.9 Å². The molecule has 0 aliphatic heterocycles. The Balaban J connectivity index is 0.000000165. The second-order valence-electron chi connectivity index (χ2n) is 15.3. The highest BCUT2D eigenvalue weighted by Gasteiger charge is 2.25. The Hall–Kier alpha value is -5.22. The highest BCUT2D eigenvalue weighted by molar-refractivity contribution is 9.10. The van der Waals surface area contributed by atoms with Crippen LogP contribution >= 0.6 is 15.9 Å². The molecule has 10 rings (SSSR count). The molecule has 6 N–H and O–H groups in total. The van der Waals surface area contributed by atoms with Crippen LogP contribution in [0.3, 0.4) is 0 Å². The van der Waals surface area contributed by atoms with Crippen molar-refractivity contribution in [2.45, 2.75) is 78.6 Å². The normalized spacial score (nSPS) is 15.2. The number of aryl methyl sites for hydroxylation is 2. The number of halogens is 1. The number of aromatic amines is 2. The van der Waals surface area contributed by atoms with Crippen molar-refractivity contribution in [3.8, 4) is 11.1 Å². The number of benzene rings is 6. The van der Waals surface area contributed by atoms with E-state index in [9.17, 15) is 0 Å². The van der Waals surface area contributed by atoms with Gasteiger partial charge in [0.25, 0.3) is 0 Å². The Morgan fingerprint density at radius 3 is 1.47 bits per heavy atom. The van der Waals surface area contributed by atoms with Crippen LogP contribution in [0.5, 0.6) is 0 Å². The Morgan fingerprint density at radius 1 is 0.533 bits per heavy atom. The van der Waals surface area contributed by atoms with E-state index in [1.165, 1.54) is 98.7 Å². The summed E-state index contributed by atoms with van der Waals surface area (Å²) in [7, 11) is -1.34. The number of fused-ring (bicyclic) bond motifs is 6. The molecule has 0 radical (unpaired) electrons. The van der Waals surface area contributed by atoms with Crippen LogP contribution in [0.15, 0.2) is 162 Å². The Kier molecular flexibility index (Phi) is 15.8. The maximum Gasteiger partial charge on any atom is 0.488 e. The second-order valence-corrected chi connectivity index (χ2v) is 16.2. The minimum atomic E-state index is -1.34. The van der Waals surface area contributed by atoms with Gasteiger partial charge in [-0.25, -0.2) is 0 Å². The van der Waals surface area contributed by atoms with Crippen LogP contribution in [0.4, 0.5) is 0 Å². The summed E-state index contributed by atoms with van der Waals surface area (Å²) in [5, 5.41) is 27.4. The Morgan fingerprint density at radius 2 is 0.983 bits per heavy atom. The van der Waals surface area contributed by atoms with Crippen LogP contribution in [0.1, 0.15) is 86.3 Å². The molecule has 8 aromatic rings. The zero-order chi connectivity index (χ0) is 39.7. The summed E-state index contributed by atoms with van der Waals surface area (Å²) in [6.07, 6.45) is 7.22. The molecule has 0 unspecified atom stereocenters. The molecule has 6 aromatic carbocycles. The summed E-state index contributed by atoms with van der Waals surface area (Å²) in [4.78, 5) is 7.36. The van der Waals surface area contributed by atoms with Gasteiger partial charge < -0.3 is 30.6 Å². The molecule has 0 saturated heterocycles. The molecule has 0 fully saturated rings. The van der Waals surface area contributed by atoms with Crippen molar-refractivity contribution in [1.29, 1.82) is 0 Å². The SMILES string of the molecule is Brc1ccc2[nH]c3c(c2c1)CCC[C@H]3NCc1ccccc1.C.C.OB(O)c1ccccc1.c1ccc(CN[C@@H]2CCCc3c2[nH]c2ccc(-c4ccccc4)cc32)cc1. The van der Waals surface area contributed by atoms with Gasteiger partial charge in [0.05, 0.1) is 0 Å². The summed E-state index contributed by atoms with van der Waals surface area (Å²) in [6.45, 7) is 1.83. The highest BCUT2D eigenvalue weighted by Crippen LogP contribution is 2.38. The van der Waals surface area contributed by atoms with Gasteiger partial charge in [-0.3, -0.25) is 0 Å². The second kappa shape index (κ2) is 21.3. The fraction of sp³-hybridized carbons (Fsp3) is 0.231. The fourth-order valence-corrected chi connectivity index (χ4v) is 8.78. The van der Waals surface area contributed by atoms with Crippen LogP contribution in [-0.4, -0.2) is 27.1 Å². The quantitative estimate of drug-likeness (QED) is 0.0858. The molecule has 2 heterocycles. The van der Waals surface area contributed by atoms with E-state index < -0.39 is 7.12 Å². The predicted octanol–water partition coefficient (Wildman–Crippen LogP) is 11.7. The summed E-state index contributed by atoms with van der Waals surface area (Å²) in [5.74, 6) is 0. The van der Waals surface area contributed by atoms with Gasteiger partial charge in [-0.05, 0) is 108 Å². The van der Waals surface area contributed by atoms with Crippen molar-refractivity contribution in [3.63, 3.8) is 0 Å². The lowest BCUT2D eigenvalue weighted by molar-refractivity contribution is 0.426. The van der Waals surface area contributed by atoms with Crippen LogP contribution in [-0.2, 0) is 25.9 Å². The first kappa shape index (κ1) is 44.3. The van der Waals surface area contributed by atoms with E-state index in [1.54, 1.807) is 24.3 Å². The van der Waals surface area contributed by atoms with Crippen molar-refractivity contribution in [1.82, 2.24) is 20.6 Å². The monoisotopic (exact) mass is 860 g/mol. The summed E-state index contributed by atoms with van der Waals surface area (Å²) in [6, 6.07) is 54.8. The van der Waals surface area contributed by atoms with E-state index in [4.69, 9.17) is 10.0 Å². The molecule has 308 valence electrons. The maximum atomic E-state index is 8.58. The summed E-state index contributed by atoms with van der Waals surface area (Å²) in [5.41, 5.74) is 14.1. The first-order chi connectivity index (χ1) is 28.5. The van der Waals surface area contributed by atoms with E-state index >= 15 is 0 Å². The Bertz CT molecular complexity index is 2520. The van der Waals surface area contributed by atoms with E-state index in [2.05, 4.69) is 164 Å². The molecule has 0 bridgehead atoms. The van der Waals surface area contributed by atoms with Crippen molar-refractivity contribution in [2.24, 2.45) is 0 Å². The average Bonchev–Trinajstić information content (AvgIpc) is 3.85. The minimum absolute atomic E-state index is 0. The molecule has 0 saturated carbocycles. The van der Waals surface area contributed by atoms with Gasteiger partial charge in [-0.2, -0.15) is 0 Å². The number of hydrogen-bond acceptors (Lipinski definition) is 4. The van der Waals surface area contributed by atoms with Crippen molar-refractivity contribution in [2.75, 3.05) is 0 Å². The van der Waals surface area contributed by atoms with Gasteiger partial charge in [0, 0.05) is 62.8 Å². The van der Waals surface area contributed by atoms with Gasteiger partial charge in [0.2, 0.25) is 0 Å². The first-order valence-electron chi connectivity index (χ1n) is 20.5.